The van der Waals surface area contributed by atoms with E-state index in [1.807, 2.05) is 32.9 Å². The Morgan fingerprint density at radius 2 is 2.00 bits per heavy atom. The third kappa shape index (κ3) is 4.36. The van der Waals surface area contributed by atoms with Gasteiger partial charge in [-0.2, -0.15) is 0 Å². The zero-order valence-corrected chi connectivity index (χ0v) is 8.15. The molecule has 1 N–H and O–H groups in total. The summed E-state index contributed by atoms with van der Waals surface area (Å²) in [7, 11) is 0. The maximum Gasteiger partial charge on any atom is 0.0449 e. The number of aromatic nitrogens is 1. The first kappa shape index (κ1) is 14.3. The van der Waals surface area contributed by atoms with Gasteiger partial charge in [0.05, 0.1) is 0 Å². The topological polar surface area (TPSA) is 15.8 Å². The molecule has 1 rings (SSSR count). The molecule has 76 valence electrons. The number of rotatable bonds is 1. The molecular weight excluding hydrogens is 158 g/mol. The highest BCUT2D eigenvalue weighted by Crippen LogP contribution is 1.77. The molecule has 0 saturated heterocycles. The molecule has 0 fully saturated rings. The lowest BCUT2D eigenvalue weighted by atomic mass is 10.4. The van der Waals surface area contributed by atoms with Gasteiger partial charge in [-0.1, -0.05) is 40.5 Å². The van der Waals surface area contributed by atoms with Crippen LogP contribution in [0.4, 0.5) is 0 Å². The van der Waals surface area contributed by atoms with Crippen molar-refractivity contribution in [3.8, 4) is 0 Å². The fraction of sp³-hybridized carbons (Fsp3) is 0.333. The first-order valence-electron chi connectivity index (χ1n) is 4.21. The molecule has 0 aliphatic heterocycles. The SMILES string of the molecule is C.C=C/C=c1/[nH]c(C)cc1=C.CC.[HH]. The van der Waals surface area contributed by atoms with Gasteiger partial charge in [0.15, 0.2) is 0 Å². The van der Waals surface area contributed by atoms with E-state index < -0.39 is 0 Å². The molecule has 1 aromatic rings. The van der Waals surface area contributed by atoms with E-state index in [-0.39, 0.29) is 8.85 Å². The van der Waals surface area contributed by atoms with Gasteiger partial charge in [0.2, 0.25) is 0 Å². The third-order valence-corrected chi connectivity index (χ3v) is 1.35. The van der Waals surface area contributed by atoms with Crippen LogP contribution in [-0.2, 0) is 0 Å². The quantitative estimate of drug-likeness (QED) is 0.685. The summed E-state index contributed by atoms with van der Waals surface area (Å²) in [4.78, 5) is 3.16. The Morgan fingerprint density at radius 1 is 1.46 bits per heavy atom. The van der Waals surface area contributed by atoms with Gasteiger partial charge in [0, 0.05) is 12.5 Å². The number of allylic oxidation sites excluding steroid dienone is 1. The molecule has 0 radical (unpaired) electrons. The lowest BCUT2D eigenvalue weighted by Gasteiger charge is -1.75. The van der Waals surface area contributed by atoms with E-state index in [1.165, 1.54) is 0 Å². The summed E-state index contributed by atoms with van der Waals surface area (Å²) in [5, 5.41) is 2.07. The van der Waals surface area contributed by atoms with Crippen LogP contribution in [0.5, 0.6) is 0 Å². The Labute approximate surface area is 83.0 Å². The van der Waals surface area contributed by atoms with Crippen molar-refractivity contribution in [2.24, 2.45) is 0 Å². The van der Waals surface area contributed by atoms with Crippen molar-refractivity contribution in [2.45, 2.75) is 28.2 Å². The second-order valence-corrected chi connectivity index (χ2v) is 2.29. The first-order valence-corrected chi connectivity index (χ1v) is 4.21. The Balaban J connectivity index is -0.000000284. The number of hydrogen-bond donors (Lipinski definition) is 1. The zero-order chi connectivity index (χ0) is 9.56. The second kappa shape index (κ2) is 7.41. The Hall–Kier alpha value is -1.24. The molecule has 0 aliphatic rings. The predicted molar refractivity (Wildman–Crippen MR) is 65.2 cm³/mol. The summed E-state index contributed by atoms with van der Waals surface area (Å²) in [5.41, 5.74) is 1.14. The zero-order valence-electron chi connectivity index (χ0n) is 8.15. The van der Waals surface area contributed by atoms with Gasteiger partial charge in [0.25, 0.3) is 0 Å². The largest absolute Gasteiger partial charge is 0.359 e. The summed E-state index contributed by atoms with van der Waals surface area (Å²) in [6.45, 7) is 13.5. The van der Waals surface area contributed by atoms with Crippen LogP contribution < -0.4 is 10.6 Å². The van der Waals surface area contributed by atoms with Crippen LogP contribution in [0.25, 0.3) is 12.7 Å². The number of aryl methyl sites for hydroxylation is 1. The Bertz CT molecular complexity index is 336. The Morgan fingerprint density at radius 3 is 2.31 bits per heavy atom. The molecule has 0 aliphatic carbocycles. The molecule has 0 bridgehead atoms. The highest BCUT2D eigenvalue weighted by molar-refractivity contribution is 5.34. The van der Waals surface area contributed by atoms with E-state index >= 15 is 0 Å². The van der Waals surface area contributed by atoms with Gasteiger partial charge in [-0.3, -0.25) is 0 Å². The smallest absolute Gasteiger partial charge is 0.0449 e. The second-order valence-electron chi connectivity index (χ2n) is 2.29. The average Bonchev–Trinajstić information content (AvgIpc) is 2.35. The number of hydrogen-bond acceptors (Lipinski definition) is 0. The summed E-state index contributed by atoms with van der Waals surface area (Å²) < 4.78 is 0. The van der Waals surface area contributed by atoms with Crippen molar-refractivity contribution in [3.63, 3.8) is 0 Å². The standard InChI is InChI=1S/C9H11N.C2H6.CH4.H2/c1-4-5-9-7(2)6-8(3)10-9;1-2;;/h4-6,10H,1-2H2,3H3;1-2H3;1H4;1H/b9-5+;;;. The van der Waals surface area contributed by atoms with Gasteiger partial charge < -0.3 is 4.98 Å². The van der Waals surface area contributed by atoms with E-state index in [1.54, 1.807) is 6.08 Å². The van der Waals surface area contributed by atoms with Gasteiger partial charge in [-0.25, -0.2) is 0 Å². The van der Waals surface area contributed by atoms with E-state index in [2.05, 4.69) is 18.1 Å². The monoisotopic (exact) mass is 181 g/mol. The fourth-order valence-electron chi connectivity index (χ4n) is 0.934. The van der Waals surface area contributed by atoms with E-state index in [9.17, 15) is 0 Å². The molecule has 1 aromatic heterocycles. The minimum atomic E-state index is 0. The maximum atomic E-state index is 3.85. The van der Waals surface area contributed by atoms with E-state index in [4.69, 9.17) is 0 Å². The number of nitrogens with one attached hydrogen (secondary N) is 1. The minimum Gasteiger partial charge on any atom is -0.359 e. The Kier molecular flexibility index (Phi) is 8.15. The van der Waals surface area contributed by atoms with Crippen molar-refractivity contribution in [1.82, 2.24) is 4.98 Å². The molecule has 1 heterocycles. The van der Waals surface area contributed by atoms with Gasteiger partial charge in [-0.15, -0.1) is 0 Å². The molecule has 13 heavy (non-hydrogen) atoms. The lowest BCUT2D eigenvalue weighted by molar-refractivity contribution is 1.22. The molecular formula is C12H23N. The normalized spacial score (nSPS) is 9.62. The highest BCUT2D eigenvalue weighted by Gasteiger charge is 1.84. The van der Waals surface area contributed by atoms with Crippen LogP contribution in [-0.4, -0.2) is 4.98 Å². The third-order valence-electron chi connectivity index (χ3n) is 1.35. The molecule has 0 atom stereocenters. The van der Waals surface area contributed by atoms with Crippen molar-refractivity contribution in [1.29, 1.82) is 0 Å². The summed E-state index contributed by atoms with van der Waals surface area (Å²) in [6, 6.07) is 2.01. The van der Waals surface area contributed by atoms with Crippen LogP contribution in [0.3, 0.4) is 0 Å². The van der Waals surface area contributed by atoms with E-state index in [0.717, 1.165) is 16.3 Å². The van der Waals surface area contributed by atoms with Crippen molar-refractivity contribution in [2.75, 3.05) is 0 Å². The molecule has 0 saturated carbocycles. The molecule has 0 spiro atoms. The lowest BCUT2D eigenvalue weighted by Crippen LogP contribution is -2.19. The van der Waals surface area contributed by atoms with Crippen LogP contribution in [0.2, 0.25) is 0 Å². The predicted octanol–water partition coefficient (Wildman–Crippen LogP) is 2.61. The van der Waals surface area contributed by atoms with E-state index in [0.29, 0.717) is 0 Å². The van der Waals surface area contributed by atoms with Gasteiger partial charge in [-0.05, 0) is 24.3 Å². The van der Waals surface area contributed by atoms with Crippen molar-refractivity contribution >= 4 is 12.7 Å². The van der Waals surface area contributed by atoms with Gasteiger partial charge in [0.1, 0.15) is 0 Å². The number of aromatic amines is 1. The molecule has 0 amide bonds. The maximum absolute atomic E-state index is 3.85. The average molecular weight is 181 g/mol. The van der Waals surface area contributed by atoms with Crippen LogP contribution in [0.15, 0.2) is 18.7 Å². The number of H-pyrrole nitrogens is 1. The molecule has 1 nitrogen and oxygen atoms in total. The summed E-state index contributed by atoms with van der Waals surface area (Å²) in [5.74, 6) is 0. The van der Waals surface area contributed by atoms with Crippen LogP contribution in [0.1, 0.15) is 28.4 Å². The van der Waals surface area contributed by atoms with Crippen molar-refractivity contribution in [3.05, 3.63) is 35.0 Å². The summed E-state index contributed by atoms with van der Waals surface area (Å²) in [6.07, 6.45) is 3.66. The van der Waals surface area contributed by atoms with Crippen LogP contribution in [0, 0.1) is 6.92 Å². The highest BCUT2D eigenvalue weighted by atomic mass is 14.7. The first-order chi connectivity index (χ1) is 5.74. The fourth-order valence-corrected chi connectivity index (χ4v) is 0.934. The van der Waals surface area contributed by atoms with Crippen molar-refractivity contribution < 1.29 is 1.43 Å². The molecule has 0 aromatic carbocycles. The van der Waals surface area contributed by atoms with Crippen LogP contribution >= 0.6 is 0 Å². The molecule has 0 unspecified atom stereocenters. The molecule has 1 heteroatoms. The summed E-state index contributed by atoms with van der Waals surface area (Å²) >= 11 is 0. The minimum absolute atomic E-state index is 0. The van der Waals surface area contributed by atoms with Gasteiger partial charge >= 0.3 is 0 Å².